The summed E-state index contributed by atoms with van der Waals surface area (Å²) in [4.78, 5) is 4.57. The van der Waals surface area contributed by atoms with Crippen molar-refractivity contribution in [2.75, 3.05) is 5.32 Å². The van der Waals surface area contributed by atoms with Gasteiger partial charge in [-0.25, -0.2) is 0 Å². The van der Waals surface area contributed by atoms with E-state index in [0.29, 0.717) is 0 Å². The first-order chi connectivity index (χ1) is 10.1. The van der Waals surface area contributed by atoms with Gasteiger partial charge in [0.05, 0.1) is 16.2 Å². The van der Waals surface area contributed by atoms with Crippen LogP contribution in [0.2, 0.25) is 5.02 Å². The molecule has 0 saturated carbocycles. The number of aryl methyl sites for hydroxylation is 1. The molecular formula is C17H14ClIN2. The minimum atomic E-state index is 0.726. The fourth-order valence-corrected chi connectivity index (χ4v) is 3.29. The van der Waals surface area contributed by atoms with Gasteiger partial charge in [0.2, 0.25) is 0 Å². The van der Waals surface area contributed by atoms with E-state index < -0.39 is 0 Å². The Morgan fingerprint density at radius 1 is 1.14 bits per heavy atom. The second-order valence-electron chi connectivity index (χ2n) is 4.92. The molecule has 0 spiro atoms. The summed E-state index contributed by atoms with van der Waals surface area (Å²) in [5.74, 6) is 0. The standard InChI is InChI=1S/C17H14ClIN2/c1-11-8-12(14-4-2-3-5-16(14)21-11)10-20-17-7-6-13(19)9-15(17)18/h2-9,20H,10H2,1H3. The predicted molar refractivity (Wildman–Crippen MR) is 98.0 cm³/mol. The lowest BCUT2D eigenvalue weighted by atomic mass is 10.1. The van der Waals surface area contributed by atoms with Crippen LogP contribution in [-0.2, 0) is 6.54 Å². The van der Waals surface area contributed by atoms with Crippen LogP contribution in [0.5, 0.6) is 0 Å². The maximum absolute atomic E-state index is 6.27. The number of hydrogen-bond acceptors (Lipinski definition) is 2. The van der Waals surface area contributed by atoms with Crippen molar-refractivity contribution < 1.29 is 0 Å². The Balaban J connectivity index is 1.91. The number of hydrogen-bond donors (Lipinski definition) is 1. The molecule has 0 atom stereocenters. The monoisotopic (exact) mass is 408 g/mol. The number of rotatable bonds is 3. The zero-order valence-electron chi connectivity index (χ0n) is 11.5. The molecule has 0 amide bonds. The largest absolute Gasteiger partial charge is 0.380 e. The molecule has 3 aromatic rings. The Labute approximate surface area is 142 Å². The SMILES string of the molecule is Cc1cc(CNc2ccc(I)cc2Cl)c2ccccc2n1. The molecule has 1 aromatic heterocycles. The minimum absolute atomic E-state index is 0.726. The molecule has 1 N–H and O–H groups in total. The van der Waals surface area contributed by atoms with Gasteiger partial charge in [-0.2, -0.15) is 0 Å². The Morgan fingerprint density at radius 2 is 1.95 bits per heavy atom. The molecule has 0 aliphatic carbocycles. The normalized spacial score (nSPS) is 10.8. The molecule has 1 heterocycles. The summed E-state index contributed by atoms with van der Waals surface area (Å²) >= 11 is 8.52. The third kappa shape index (κ3) is 3.30. The Kier molecular flexibility index (Phi) is 4.31. The van der Waals surface area contributed by atoms with Crippen molar-refractivity contribution in [2.24, 2.45) is 0 Å². The lowest BCUT2D eigenvalue weighted by Crippen LogP contribution is -2.02. The number of benzene rings is 2. The van der Waals surface area contributed by atoms with E-state index in [4.69, 9.17) is 11.6 Å². The highest BCUT2D eigenvalue weighted by Crippen LogP contribution is 2.25. The Hall–Kier alpha value is -1.33. The van der Waals surface area contributed by atoms with Gasteiger partial charge in [0, 0.05) is 21.2 Å². The third-order valence-corrected chi connectivity index (χ3v) is 4.31. The van der Waals surface area contributed by atoms with Crippen molar-refractivity contribution in [1.29, 1.82) is 0 Å². The summed E-state index contributed by atoms with van der Waals surface area (Å²) in [6.07, 6.45) is 0. The van der Waals surface area contributed by atoms with Gasteiger partial charge >= 0.3 is 0 Å². The van der Waals surface area contributed by atoms with Crippen molar-refractivity contribution in [3.8, 4) is 0 Å². The number of nitrogens with one attached hydrogen (secondary N) is 1. The highest BCUT2D eigenvalue weighted by molar-refractivity contribution is 14.1. The zero-order chi connectivity index (χ0) is 14.8. The molecule has 0 saturated heterocycles. The molecule has 0 aliphatic rings. The average Bonchev–Trinajstić information content (AvgIpc) is 2.46. The molecule has 106 valence electrons. The van der Waals surface area contributed by atoms with Gasteiger partial charge in [0.1, 0.15) is 0 Å². The van der Waals surface area contributed by atoms with Crippen LogP contribution < -0.4 is 5.32 Å². The molecule has 0 unspecified atom stereocenters. The molecule has 21 heavy (non-hydrogen) atoms. The van der Waals surface area contributed by atoms with Crippen LogP contribution in [0.4, 0.5) is 5.69 Å². The quantitative estimate of drug-likeness (QED) is 0.586. The Morgan fingerprint density at radius 3 is 2.76 bits per heavy atom. The smallest absolute Gasteiger partial charge is 0.0708 e. The topological polar surface area (TPSA) is 24.9 Å². The Bertz CT molecular complexity index is 802. The number of pyridine rings is 1. The maximum atomic E-state index is 6.27. The lowest BCUT2D eigenvalue weighted by molar-refractivity contribution is 1.13. The first kappa shape index (κ1) is 14.6. The van der Waals surface area contributed by atoms with E-state index in [2.05, 4.69) is 45.0 Å². The number of anilines is 1. The number of nitrogens with zero attached hydrogens (tertiary/aromatic N) is 1. The fraction of sp³-hybridized carbons (Fsp3) is 0.118. The van der Waals surface area contributed by atoms with Gasteiger partial charge in [-0.05, 0) is 65.4 Å². The molecule has 0 radical (unpaired) electrons. The van der Waals surface area contributed by atoms with E-state index in [1.807, 2.05) is 43.3 Å². The van der Waals surface area contributed by atoms with Crippen LogP contribution in [0.15, 0.2) is 48.5 Å². The van der Waals surface area contributed by atoms with Crippen LogP contribution in [0, 0.1) is 10.5 Å². The van der Waals surface area contributed by atoms with Crippen LogP contribution >= 0.6 is 34.2 Å². The van der Waals surface area contributed by atoms with E-state index in [9.17, 15) is 0 Å². The highest BCUT2D eigenvalue weighted by atomic mass is 127. The maximum Gasteiger partial charge on any atom is 0.0708 e. The molecule has 0 bridgehead atoms. The summed E-state index contributed by atoms with van der Waals surface area (Å²) in [7, 11) is 0. The summed E-state index contributed by atoms with van der Waals surface area (Å²) in [5.41, 5.74) is 4.24. The van der Waals surface area contributed by atoms with Gasteiger partial charge in [0.25, 0.3) is 0 Å². The van der Waals surface area contributed by atoms with E-state index in [1.54, 1.807) is 0 Å². The van der Waals surface area contributed by atoms with Gasteiger partial charge in [0.15, 0.2) is 0 Å². The van der Waals surface area contributed by atoms with E-state index in [1.165, 1.54) is 10.9 Å². The first-order valence-electron chi connectivity index (χ1n) is 6.68. The molecule has 2 aromatic carbocycles. The van der Waals surface area contributed by atoms with Gasteiger partial charge in [-0.3, -0.25) is 4.98 Å². The van der Waals surface area contributed by atoms with E-state index in [-0.39, 0.29) is 0 Å². The second-order valence-corrected chi connectivity index (χ2v) is 6.57. The highest BCUT2D eigenvalue weighted by Gasteiger charge is 2.05. The molecule has 0 aliphatic heterocycles. The van der Waals surface area contributed by atoms with Crippen LogP contribution in [0.1, 0.15) is 11.3 Å². The van der Waals surface area contributed by atoms with Crippen molar-refractivity contribution in [2.45, 2.75) is 13.5 Å². The summed E-state index contributed by atoms with van der Waals surface area (Å²) in [5, 5.41) is 5.34. The summed E-state index contributed by atoms with van der Waals surface area (Å²) in [6, 6.07) is 16.3. The van der Waals surface area contributed by atoms with Gasteiger partial charge < -0.3 is 5.32 Å². The molecule has 3 rings (SSSR count). The number of aromatic nitrogens is 1. The van der Waals surface area contributed by atoms with Crippen LogP contribution in [0.25, 0.3) is 10.9 Å². The second kappa shape index (κ2) is 6.20. The minimum Gasteiger partial charge on any atom is -0.380 e. The number of para-hydroxylation sites is 1. The molecule has 0 fully saturated rings. The fourth-order valence-electron chi connectivity index (χ4n) is 2.36. The predicted octanol–water partition coefficient (Wildman–Crippen LogP) is 5.41. The van der Waals surface area contributed by atoms with Crippen molar-refractivity contribution in [1.82, 2.24) is 4.98 Å². The van der Waals surface area contributed by atoms with Crippen molar-refractivity contribution in [3.05, 3.63) is 68.4 Å². The van der Waals surface area contributed by atoms with E-state index in [0.717, 1.165) is 32.0 Å². The molecule has 4 heteroatoms. The first-order valence-corrected chi connectivity index (χ1v) is 8.13. The number of fused-ring (bicyclic) bond motifs is 1. The summed E-state index contributed by atoms with van der Waals surface area (Å²) < 4.78 is 1.13. The van der Waals surface area contributed by atoms with Crippen molar-refractivity contribution >= 4 is 50.8 Å². The molecular weight excluding hydrogens is 395 g/mol. The lowest BCUT2D eigenvalue weighted by Gasteiger charge is -2.11. The average molecular weight is 409 g/mol. The van der Waals surface area contributed by atoms with Crippen molar-refractivity contribution in [3.63, 3.8) is 0 Å². The third-order valence-electron chi connectivity index (χ3n) is 3.33. The van der Waals surface area contributed by atoms with Crippen LogP contribution in [-0.4, -0.2) is 4.98 Å². The van der Waals surface area contributed by atoms with E-state index >= 15 is 0 Å². The van der Waals surface area contributed by atoms with Gasteiger partial charge in [-0.15, -0.1) is 0 Å². The van der Waals surface area contributed by atoms with Gasteiger partial charge in [-0.1, -0.05) is 29.8 Å². The zero-order valence-corrected chi connectivity index (χ0v) is 14.4. The number of halogens is 2. The molecule has 2 nitrogen and oxygen atoms in total. The van der Waals surface area contributed by atoms with Crippen LogP contribution in [0.3, 0.4) is 0 Å². The summed E-state index contributed by atoms with van der Waals surface area (Å²) in [6.45, 7) is 2.75.